The van der Waals surface area contributed by atoms with Gasteiger partial charge in [-0.2, -0.15) is 0 Å². The molecule has 3 rings (SSSR count). The van der Waals surface area contributed by atoms with Crippen LogP contribution in [0, 0.1) is 17.8 Å². The van der Waals surface area contributed by atoms with Gasteiger partial charge < -0.3 is 15.2 Å². The van der Waals surface area contributed by atoms with Crippen LogP contribution in [0.4, 0.5) is 0 Å². The molecule has 4 nitrogen and oxygen atoms in total. The van der Waals surface area contributed by atoms with Crippen LogP contribution in [0.3, 0.4) is 0 Å². The Bertz CT molecular complexity index is 628. The monoisotopic (exact) mass is 345 g/mol. The first-order chi connectivity index (χ1) is 11.9. The van der Waals surface area contributed by atoms with Crippen molar-refractivity contribution < 1.29 is 14.6 Å². The summed E-state index contributed by atoms with van der Waals surface area (Å²) in [6, 6.07) is 6.21. The van der Waals surface area contributed by atoms with Gasteiger partial charge in [-0.25, -0.2) is 0 Å². The van der Waals surface area contributed by atoms with Gasteiger partial charge in [-0.1, -0.05) is 45.4 Å². The number of rotatable bonds is 5. The van der Waals surface area contributed by atoms with E-state index in [0.717, 1.165) is 43.6 Å². The Hall–Kier alpha value is -1.55. The highest BCUT2D eigenvalue weighted by Crippen LogP contribution is 2.41. The quantitative estimate of drug-likeness (QED) is 0.862. The first kappa shape index (κ1) is 18.2. The number of amides is 1. The van der Waals surface area contributed by atoms with Gasteiger partial charge in [0.1, 0.15) is 11.4 Å². The first-order valence-corrected chi connectivity index (χ1v) is 9.66. The predicted octanol–water partition coefficient (Wildman–Crippen LogP) is 3.10. The SMILES string of the molecule is CC1CCC(C(C)C)C(O)(C(=O)NCCc2cccc3c2OCC3)C1. The van der Waals surface area contributed by atoms with Gasteiger partial charge >= 0.3 is 0 Å². The number of carbonyl (C=O) groups excluding carboxylic acids is 1. The van der Waals surface area contributed by atoms with Crippen molar-refractivity contribution in [1.29, 1.82) is 0 Å². The molecule has 138 valence electrons. The van der Waals surface area contributed by atoms with Crippen LogP contribution in [0.5, 0.6) is 5.75 Å². The van der Waals surface area contributed by atoms with Crippen LogP contribution in [-0.4, -0.2) is 29.8 Å². The number of hydrogen-bond acceptors (Lipinski definition) is 3. The Labute approximate surface area is 151 Å². The molecule has 0 bridgehead atoms. The number of hydrogen-bond donors (Lipinski definition) is 2. The van der Waals surface area contributed by atoms with Crippen LogP contribution in [0.1, 0.15) is 51.2 Å². The van der Waals surface area contributed by atoms with Gasteiger partial charge in [-0.05, 0) is 48.1 Å². The maximum atomic E-state index is 12.8. The topological polar surface area (TPSA) is 58.6 Å². The lowest BCUT2D eigenvalue weighted by Gasteiger charge is -2.43. The largest absolute Gasteiger partial charge is 0.493 e. The van der Waals surface area contributed by atoms with Gasteiger partial charge in [-0.15, -0.1) is 0 Å². The van der Waals surface area contributed by atoms with Crippen molar-refractivity contribution in [2.24, 2.45) is 17.8 Å². The van der Waals surface area contributed by atoms with Gasteiger partial charge in [0, 0.05) is 13.0 Å². The van der Waals surface area contributed by atoms with E-state index in [1.54, 1.807) is 0 Å². The van der Waals surface area contributed by atoms with E-state index >= 15 is 0 Å². The summed E-state index contributed by atoms with van der Waals surface area (Å²) in [5.41, 5.74) is 1.16. The molecule has 1 saturated carbocycles. The zero-order valence-corrected chi connectivity index (χ0v) is 15.7. The summed E-state index contributed by atoms with van der Waals surface area (Å²) in [7, 11) is 0. The Balaban J connectivity index is 1.62. The van der Waals surface area contributed by atoms with Crippen molar-refractivity contribution in [3.05, 3.63) is 29.3 Å². The van der Waals surface area contributed by atoms with Crippen LogP contribution in [0.25, 0.3) is 0 Å². The van der Waals surface area contributed by atoms with E-state index in [1.165, 1.54) is 5.56 Å². The summed E-state index contributed by atoms with van der Waals surface area (Å²) >= 11 is 0. The summed E-state index contributed by atoms with van der Waals surface area (Å²) < 4.78 is 5.72. The number of nitrogens with one attached hydrogen (secondary N) is 1. The van der Waals surface area contributed by atoms with E-state index in [1.807, 2.05) is 0 Å². The molecule has 1 heterocycles. The minimum Gasteiger partial charge on any atom is -0.493 e. The number of carbonyl (C=O) groups is 1. The van der Waals surface area contributed by atoms with Crippen LogP contribution in [0.2, 0.25) is 0 Å². The molecule has 1 aliphatic carbocycles. The van der Waals surface area contributed by atoms with Crippen molar-refractivity contribution >= 4 is 5.91 Å². The lowest BCUT2D eigenvalue weighted by atomic mass is 9.66. The van der Waals surface area contributed by atoms with E-state index in [4.69, 9.17) is 4.74 Å². The molecule has 2 aliphatic rings. The molecule has 3 unspecified atom stereocenters. The fourth-order valence-electron chi connectivity index (χ4n) is 4.58. The molecule has 0 spiro atoms. The van der Waals surface area contributed by atoms with Crippen LogP contribution >= 0.6 is 0 Å². The zero-order chi connectivity index (χ0) is 18.0. The lowest BCUT2D eigenvalue weighted by Crippen LogP contribution is -2.56. The van der Waals surface area contributed by atoms with Crippen molar-refractivity contribution in [3.8, 4) is 5.75 Å². The van der Waals surface area contributed by atoms with Gasteiger partial charge in [0.25, 0.3) is 5.91 Å². The second-order valence-electron chi connectivity index (χ2n) is 8.17. The summed E-state index contributed by atoms with van der Waals surface area (Å²) in [5.74, 6) is 1.51. The summed E-state index contributed by atoms with van der Waals surface area (Å²) in [6.45, 7) is 7.60. The van der Waals surface area contributed by atoms with Gasteiger partial charge in [0.05, 0.1) is 6.61 Å². The predicted molar refractivity (Wildman–Crippen MR) is 98.6 cm³/mol. The van der Waals surface area contributed by atoms with E-state index in [0.29, 0.717) is 24.8 Å². The van der Waals surface area contributed by atoms with Crippen molar-refractivity contribution in [2.45, 2.75) is 58.5 Å². The fourth-order valence-corrected chi connectivity index (χ4v) is 4.58. The summed E-state index contributed by atoms with van der Waals surface area (Å²) in [5, 5.41) is 14.1. The Morgan fingerprint density at radius 2 is 2.20 bits per heavy atom. The third kappa shape index (κ3) is 3.69. The average Bonchev–Trinajstić information content (AvgIpc) is 3.03. The van der Waals surface area contributed by atoms with Crippen molar-refractivity contribution in [1.82, 2.24) is 5.32 Å². The van der Waals surface area contributed by atoms with E-state index in [2.05, 4.69) is 44.3 Å². The highest BCUT2D eigenvalue weighted by molar-refractivity contribution is 5.85. The lowest BCUT2D eigenvalue weighted by molar-refractivity contribution is -0.155. The Morgan fingerprint density at radius 1 is 1.40 bits per heavy atom. The smallest absolute Gasteiger partial charge is 0.252 e. The highest BCUT2D eigenvalue weighted by atomic mass is 16.5. The van der Waals surface area contributed by atoms with Crippen LogP contribution in [0.15, 0.2) is 18.2 Å². The molecule has 25 heavy (non-hydrogen) atoms. The number of fused-ring (bicyclic) bond motifs is 1. The molecule has 3 atom stereocenters. The number of para-hydroxylation sites is 1. The number of aliphatic hydroxyl groups is 1. The molecule has 0 aromatic heterocycles. The second-order valence-corrected chi connectivity index (χ2v) is 8.17. The molecule has 1 aromatic rings. The van der Waals surface area contributed by atoms with Crippen LogP contribution < -0.4 is 10.1 Å². The van der Waals surface area contributed by atoms with Gasteiger partial charge in [0.2, 0.25) is 0 Å². The molecule has 1 fully saturated rings. The van der Waals surface area contributed by atoms with Crippen LogP contribution in [-0.2, 0) is 17.6 Å². The molecule has 1 aromatic carbocycles. The maximum absolute atomic E-state index is 12.8. The van der Waals surface area contributed by atoms with Crippen molar-refractivity contribution in [3.63, 3.8) is 0 Å². The molecular weight excluding hydrogens is 314 g/mol. The Morgan fingerprint density at radius 3 is 2.96 bits per heavy atom. The molecule has 1 aliphatic heterocycles. The zero-order valence-electron chi connectivity index (χ0n) is 15.7. The fraction of sp³-hybridized carbons (Fsp3) is 0.667. The standard InChI is InChI=1S/C21H31NO3/c1-14(2)18-8-7-15(3)13-21(18,24)20(23)22-11-9-16-5-4-6-17-10-12-25-19(16)17/h4-6,14-15,18,24H,7-13H2,1-3H3,(H,22,23). The third-order valence-corrected chi connectivity index (χ3v) is 5.92. The molecule has 4 heteroatoms. The highest BCUT2D eigenvalue weighted by Gasteiger charge is 2.48. The molecule has 0 radical (unpaired) electrons. The first-order valence-electron chi connectivity index (χ1n) is 9.66. The number of ether oxygens (including phenoxy) is 1. The summed E-state index contributed by atoms with van der Waals surface area (Å²) in [6.07, 6.45) is 4.26. The van der Waals surface area contributed by atoms with E-state index in [-0.39, 0.29) is 11.8 Å². The molecular formula is C21H31NO3. The second kappa shape index (κ2) is 7.36. The van der Waals surface area contributed by atoms with E-state index < -0.39 is 5.60 Å². The normalized spacial score (nSPS) is 28.5. The molecule has 0 saturated heterocycles. The Kier molecular flexibility index (Phi) is 5.38. The molecule has 1 amide bonds. The van der Waals surface area contributed by atoms with Gasteiger partial charge in [-0.3, -0.25) is 4.79 Å². The summed E-state index contributed by atoms with van der Waals surface area (Å²) in [4.78, 5) is 12.8. The minimum absolute atomic E-state index is 0.0352. The maximum Gasteiger partial charge on any atom is 0.252 e. The van der Waals surface area contributed by atoms with Gasteiger partial charge in [0.15, 0.2) is 0 Å². The third-order valence-electron chi connectivity index (χ3n) is 5.92. The van der Waals surface area contributed by atoms with Crippen molar-refractivity contribution in [2.75, 3.05) is 13.2 Å². The number of benzene rings is 1. The average molecular weight is 345 g/mol. The molecule has 2 N–H and O–H groups in total. The van der Waals surface area contributed by atoms with E-state index in [9.17, 15) is 9.90 Å². The minimum atomic E-state index is -1.24.